The third-order valence-corrected chi connectivity index (χ3v) is 3.19. The van der Waals surface area contributed by atoms with Gasteiger partial charge in [-0.1, -0.05) is 54.6 Å². The lowest BCUT2D eigenvalue weighted by molar-refractivity contribution is 0.0680. The van der Waals surface area contributed by atoms with Crippen LogP contribution in [0.5, 0.6) is 0 Å². The summed E-state index contributed by atoms with van der Waals surface area (Å²) in [5, 5.41) is 9.96. The second-order valence-corrected chi connectivity index (χ2v) is 4.69. The fourth-order valence-electron chi connectivity index (χ4n) is 2.04. The Bertz CT molecular complexity index is 617. The van der Waals surface area contributed by atoms with Gasteiger partial charge in [0.1, 0.15) is 6.10 Å². The van der Waals surface area contributed by atoms with Crippen molar-refractivity contribution in [3.8, 4) is 0 Å². The fourth-order valence-corrected chi connectivity index (χ4v) is 2.04. The first kappa shape index (κ1) is 14.2. The van der Waals surface area contributed by atoms with Crippen LogP contribution in [0, 0.1) is 6.92 Å². The third kappa shape index (κ3) is 3.19. The molecule has 0 bridgehead atoms. The second kappa shape index (κ2) is 6.26. The standard InChI is InChI=1S/C17H16O3/c1-12-7-5-6-10-14(12)17(20)16(19)11-15(18)13-8-3-2-4-9-13/h2-10,16,19H,11H2,1H3/t16-/m0/s1. The van der Waals surface area contributed by atoms with Crippen LogP contribution in [-0.4, -0.2) is 22.8 Å². The van der Waals surface area contributed by atoms with Gasteiger partial charge in [0.15, 0.2) is 11.6 Å². The van der Waals surface area contributed by atoms with Gasteiger partial charge >= 0.3 is 0 Å². The number of aliphatic hydroxyl groups excluding tert-OH is 1. The molecule has 3 nitrogen and oxygen atoms in total. The van der Waals surface area contributed by atoms with E-state index in [1.807, 2.05) is 12.1 Å². The van der Waals surface area contributed by atoms with E-state index in [2.05, 4.69) is 0 Å². The molecule has 2 aromatic rings. The molecule has 0 aromatic heterocycles. The van der Waals surface area contributed by atoms with Crippen LogP contribution in [-0.2, 0) is 0 Å². The highest BCUT2D eigenvalue weighted by Gasteiger charge is 2.22. The van der Waals surface area contributed by atoms with Crippen LogP contribution in [0.25, 0.3) is 0 Å². The van der Waals surface area contributed by atoms with Crippen molar-refractivity contribution in [2.24, 2.45) is 0 Å². The normalized spacial score (nSPS) is 11.9. The number of rotatable bonds is 5. The molecule has 20 heavy (non-hydrogen) atoms. The molecule has 0 amide bonds. The number of benzene rings is 2. The molecular weight excluding hydrogens is 252 g/mol. The molecule has 0 fully saturated rings. The average Bonchev–Trinajstić information content (AvgIpc) is 2.48. The Morgan fingerprint density at radius 1 is 1.00 bits per heavy atom. The number of aliphatic hydroxyl groups is 1. The van der Waals surface area contributed by atoms with Gasteiger partial charge in [-0.2, -0.15) is 0 Å². The van der Waals surface area contributed by atoms with E-state index in [-0.39, 0.29) is 12.2 Å². The zero-order chi connectivity index (χ0) is 14.5. The largest absolute Gasteiger partial charge is 0.384 e. The molecule has 1 atom stereocenters. The average molecular weight is 268 g/mol. The monoisotopic (exact) mass is 268 g/mol. The lowest BCUT2D eigenvalue weighted by Crippen LogP contribution is -2.24. The number of carbonyl (C=O) groups excluding carboxylic acids is 2. The first-order valence-electron chi connectivity index (χ1n) is 6.45. The molecule has 2 aromatic carbocycles. The molecule has 0 heterocycles. The first-order valence-corrected chi connectivity index (χ1v) is 6.45. The second-order valence-electron chi connectivity index (χ2n) is 4.69. The summed E-state index contributed by atoms with van der Waals surface area (Å²) in [6.45, 7) is 1.80. The first-order chi connectivity index (χ1) is 9.59. The highest BCUT2D eigenvalue weighted by Crippen LogP contribution is 2.13. The van der Waals surface area contributed by atoms with Gasteiger partial charge in [-0.25, -0.2) is 0 Å². The molecule has 1 N–H and O–H groups in total. The van der Waals surface area contributed by atoms with Gasteiger partial charge < -0.3 is 5.11 Å². The van der Waals surface area contributed by atoms with E-state index in [0.29, 0.717) is 11.1 Å². The molecular formula is C17H16O3. The molecule has 0 aliphatic rings. The summed E-state index contributed by atoms with van der Waals surface area (Å²) in [6, 6.07) is 15.7. The Labute approximate surface area is 117 Å². The minimum atomic E-state index is -1.30. The van der Waals surface area contributed by atoms with Gasteiger partial charge in [-0.05, 0) is 12.5 Å². The van der Waals surface area contributed by atoms with E-state index < -0.39 is 11.9 Å². The van der Waals surface area contributed by atoms with Gasteiger partial charge in [0.2, 0.25) is 0 Å². The summed E-state index contributed by atoms with van der Waals surface area (Å²) in [6.07, 6.45) is -1.50. The Balaban J connectivity index is 2.09. The van der Waals surface area contributed by atoms with Gasteiger partial charge in [0.05, 0.1) is 0 Å². The van der Waals surface area contributed by atoms with Crippen molar-refractivity contribution in [3.63, 3.8) is 0 Å². The number of Topliss-reactive ketones (excluding diaryl/α,β-unsaturated/α-hetero) is 2. The third-order valence-electron chi connectivity index (χ3n) is 3.19. The summed E-state index contributed by atoms with van der Waals surface area (Å²) in [5.74, 6) is -0.646. The molecule has 3 heteroatoms. The Morgan fingerprint density at radius 2 is 1.60 bits per heavy atom. The maximum Gasteiger partial charge on any atom is 0.191 e. The van der Waals surface area contributed by atoms with E-state index in [0.717, 1.165) is 5.56 Å². The minimum absolute atomic E-state index is 0.197. The summed E-state index contributed by atoms with van der Waals surface area (Å²) >= 11 is 0. The van der Waals surface area contributed by atoms with Crippen LogP contribution in [0.15, 0.2) is 54.6 Å². The number of hydrogen-bond acceptors (Lipinski definition) is 3. The number of hydrogen-bond donors (Lipinski definition) is 1. The smallest absolute Gasteiger partial charge is 0.191 e. The predicted octanol–water partition coefficient (Wildman–Crippen LogP) is 2.81. The van der Waals surface area contributed by atoms with Gasteiger partial charge in [-0.15, -0.1) is 0 Å². The molecule has 0 saturated heterocycles. The van der Waals surface area contributed by atoms with Crippen molar-refractivity contribution in [2.45, 2.75) is 19.4 Å². The minimum Gasteiger partial charge on any atom is -0.384 e. The SMILES string of the molecule is Cc1ccccc1C(=O)[C@@H](O)CC(=O)c1ccccc1. The summed E-state index contributed by atoms with van der Waals surface area (Å²) < 4.78 is 0. The number of carbonyl (C=O) groups is 2. The van der Waals surface area contributed by atoms with Crippen molar-refractivity contribution >= 4 is 11.6 Å². The Morgan fingerprint density at radius 3 is 2.25 bits per heavy atom. The van der Waals surface area contributed by atoms with Gasteiger partial charge in [0.25, 0.3) is 0 Å². The Kier molecular flexibility index (Phi) is 4.43. The summed E-state index contributed by atoms with van der Waals surface area (Å²) in [4.78, 5) is 24.1. The maximum atomic E-state index is 12.1. The van der Waals surface area contributed by atoms with Gasteiger partial charge in [0, 0.05) is 17.5 Å². The van der Waals surface area contributed by atoms with Crippen LogP contribution in [0.4, 0.5) is 0 Å². The molecule has 0 saturated carbocycles. The highest BCUT2D eigenvalue weighted by molar-refractivity contribution is 6.05. The highest BCUT2D eigenvalue weighted by atomic mass is 16.3. The number of aryl methyl sites for hydroxylation is 1. The lowest BCUT2D eigenvalue weighted by Gasteiger charge is -2.10. The quantitative estimate of drug-likeness (QED) is 0.848. The summed E-state index contributed by atoms with van der Waals surface area (Å²) in [7, 11) is 0. The zero-order valence-electron chi connectivity index (χ0n) is 11.2. The topological polar surface area (TPSA) is 54.4 Å². The van der Waals surface area contributed by atoms with Crippen molar-refractivity contribution in [2.75, 3.05) is 0 Å². The van der Waals surface area contributed by atoms with Gasteiger partial charge in [-0.3, -0.25) is 9.59 Å². The van der Waals surface area contributed by atoms with E-state index in [1.165, 1.54) is 0 Å². The van der Waals surface area contributed by atoms with Crippen LogP contribution in [0.3, 0.4) is 0 Å². The van der Waals surface area contributed by atoms with Crippen LogP contribution >= 0.6 is 0 Å². The molecule has 0 radical (unpaired) electrons. The van der Waals surface area contributed by atoms with Crippen molar-refractivity contribution < 1.29 is 14.7 Å². The molecule has 0 aliphatic carbocycles. The zero-order valence-corrected chi connectivity index (χ0v) is 11.2. The van der Waals surface area contributed by atoms with Crippen LogP contribution in [0.1, 0.15) is 32.7 Å². The summed E-state index contributed by atoms with van der Waals surface area (Å²) in [5.41, 5.74) is 1.76. The molecule has 0 aliphatic heterocycles. The molecule has 0 spiro atoms. The molecule has 0 unspecified atom stereocenters. The van der Waals surface area contributed by atoms with E-state index in [9.17, 15) is 14.7 Å². The van der Waals surface area contributed by atoms with E-state index >= 15 is 0 Å². The van der Waals surface area contributed by atoms with Crippen molar-refractivity contribution in [3.05, 3.63) is 71.3 Å². The van der Waals surface area contributed by atoms with Crippen LogP contribution < -0.4 is 0 Å². The van der Waals surface area contributed by atoms with E-state index in [4.69, 9.17) is 0 Å². The molecule has 2 rings (SSSR count). The molecule has 102 valence electrons. The van der Waals surface area contributed by atoms with Crippen molar-refractivity contribution in [1.29, 1.82) is 0 Å². The lowest BCUT2D eigenvalue weighted by atomic mass is 9.96. The number of ketones is 2. The fraction of sp³-hybridized carbons (Fsp3) is 0.176. The Hall–Kier alpha value is -2.26. The maximum absolute atomic E-state index is 12.1. The predicted molar refractivity (Wildman–Crippen MR) is 76.9 cm³/mol. The van der Waals surface area contributed by atoms with Crippen molar-refractivity contribution in [1.82, 2.24) is 0 Å². The van der Waals surface area contributed by atoms with Crippen LogP contribution in [0.2, 0.25) is 0 Å². The van der Waals surface area contributed by atoms with E-state index in [1.54, 1.807) is 49.4 Å².